The molecule has 1 saturated heterocycles. The molecule has 7 nitrogen and oxygen atoms in total. The SMILES string of the molecule is COc1ccc([C@H]2/C(=C(\O)c3ccc4c(c3)C[C@H](C)O4)C(=O)C(=O)N2CCCN(C)C)cc1. The molecule has 0 saturated carbocycles. The van der Waals surface area contributed by atoms with Crippen molar-refractivity contribution in [1.82, 2.24) is 9.80 Å². The maximum atomic E-state index is 13.2. The lowest BCUT2D eigenvalue weighted by Gasteiger charge is -2.26. The van der Waals surface area contributed by atoms with Crippen LogP contribution in [0.25, 0.3) is 5.76 Å². The fraction of sp³-hybridized carbons (Fsp3) is 0.385. The number of likely N-dealkylation sites (tertiary alicyclic amines) is 1. The van der Waals surface area contributed by atoms with Gasteiger partial charge in [0.2, 0.25) is 0 Å². The van der Waals surface area contributed by atoms with Crippen LogP contribution in [0, 0.1) is 0 Å². The summed E-state index contributed by atoms with van der Waals surface area (Å²) in [6.45, 7) is 3.18. The second-order valence-corrected chi connectivity index (χ2v) is 8.88. The summed E-state index contributed by atoms with van der Waals surface area (Å²) in [5.74, 6) is 0.0510. The number of methoxy groups -OCH3 is 1. The summed E-state index contributed by atoms with van der Waals surface area (Å²) in [7, 11) is 5.52. The predicted molar refractivity (Wildman–Crippen MR) is 125 cm³/mol. The van der Waals surface area contributed by atoms with Crippen molar-refractivity contribution < 1.29 is 24.2 Å². The minimum absolute atomic E-state index is 0.0685. The lowest BCUT2D eigenvalue weighted by Crippen LogP contribution is -2.32. The van der Waals surface area contributed by atoms with E-state index in [1.54, 1.807) is 30.2 Å². The van der Waals surface area contributed by atoms with Crippen LogP contribution in [0.1, 0.15) is 36.1 Å². The van der Waals surface area contributed by atoms with Gasteiger partial charge in [0.05, 0.1) is 18.7 Å². The highest BCUT2D eigenvalue weighted by Crippen LogP contribution is 2.41. The number of ether oxygens (including phenoxy) is 2. The predicted octanol–water partition coefficient (Wildman–Crippen LogP) is 3.39. The first-order valence-corrected chi connectivity index (χ1v) is 11.2. The van der Waals surface area contributed by atoms with Crippen molar-refractivity contribution in [1.29, 1.82) is 0 Å². The number of nitrogens with zero attached hydrogens (tertiary/aromatic N) is 2. The Morgan fingerprint density at radius 2 is 1.91 bits per heavy atom. The van der Waals surface area contributed by atoms with Gasteiger partial charge in [-0.3, -0.25) is 9.59 Å². The fourth-order valence-electron chi connectivity index (χ4n) is 4.53. The van der Waals surface area contributed by atoms with E-state index in [1.165, 1.54) is 0 Å². The first-order valence-electron chi connectivity index (χ1n) is 11.2. The van der Waals surface area contributed by atoms with Crippen LogP contribution in [-0.4, -0.2) is 67.0 Å². The maximum Gasteiger partial charge on any atom is 0.295 e. The number of benzene rings is 2. The van der Waals surface area contributed by atoms with E-state index >= 15 is 0 Å². The van der Waals surface area contributed by atoms with Gasteiger partial charge < -0.3 is 24.4 Å². The Morgan fingerprint density at radius 3 is 2.58 bits per heavy atom. The molecule has 1 amide bonds. The third kappa shape index (κ3) is 4.46. The molecule has 174 valence electrons. The number of carbonyl (C=O) groups is 2. The number of hydrogen-bond acceptors (Lipinski definition) is 6. The maximum absolute atomic E-state index is 13.2. The first-order chi connectivity index (χ1) is 15.8. The molecular formula is C26H30N2O5. The van der Waals surface area contributed by atoms with Crippen molar-refractivity contribution in [2.24, 2.45) is 0 Å². The van der Waals surface area contributed by atoms with Gasteiger partial charge in [0.1, 0.15) is 23.4 Å². The van der Waals surface area contributed by atoms with Crippen LogP contribution in [0.15, 0.2) is 48.0 Å². The average molecular weight is 451 g/mol. The standard InChI is InChI=1S/C26H30N2O5/c1-16-14-19-15-18(8-11-21(19)33-16)24(29)22-23(17-6-9-20(32-4)10-7-17)28(26(31)25(22)30)13-5-12-27(2)3/h6-11,15-16,23,29H,5,12-14H2,1-4H3/b24-22+/t16-,23-/m0/s1. The minimum atomic E-state index is -0.665. The summed E-state index contributed by atoms with van der Waals surface area (Å²) < 4.78 is 11.0. The highest BCUT2D eigenvalue weighted by atomic mass is 16.5. The molecule has 2 aromatic carbocycles. The van der Waals surface area contributed by atoms with Crippen molar-refractivity contribution in [3.8, 4) is 11.5 Å². The minimum Gasteiger partial charge on any atom is -0.507 e. The topological polar surface area (TPSA) is 79.3 Å². The van der Waals surface area contributed by atoms with Gasteiger partial charge in [-0.25, -0.2) is 0 Å². The molecule has 0 bridgehead atoms. The number of hydrogen-bond donors (Lipinski definition) is 1. The van der Waals surface area contributed by atoms with Gasteiger partial charge in [-0.1, -0.05) is 12.1 Å². The van der Waals surface area contributed by atoms with Gasteiger partial charge in [0.15, 0.2) is 0 Å². The summed E-state index contributed by atoms with van der Waals surface area (Å²) in [6, 6.07) is 12.0. The number of carbonyl (C=O) groups excluding carboxylic acids is 2. The fourth-order valence-corrected chi connectivity index (χ4v) is 4.53. The molecule has 0 aromatic heterocycles. The third-order valence-corrected chi connectivity index (χ3v) is 6.15. The molecule has 0 aliphatic carbocycles. The zero-order valence-corrected chi connectivity index (χ0v) is 19.5. The van der Waals surface area contributed by atoms with Crippen LogP contribution in [0.4, 0.5) is 0 Å². The highest BCUT2D eigenvalue weighted by molar-refractivity contribution is 6.46. The normalized spacial score (nSPS) is 21.4. The van der Waals surface area contributed by atoms with Gasteiger partial charge in [-0.15, -0.1) is 0 Å². The number of rotatable bonds is 7. The summed E-state index contributed by atoms with van der Waals surface area (Å²) in [5.41, 5.74) is 2.35. The van der Waals surface area contributed by atoms with Crippen LogP contribution in [0.5, 0.6) is 11.5 Å². The molecular weight excluding hydrogens is 420 g/mol. The van der Waals surface area contributed by atoms with Gasteiger partial charge in [0, 0.05) is 18.5 Å². The Labute approximate surface area is 194 Å². The van der Waals surface area contributed by atoms with E-state index < -0.39 is 17.7 Å². The van der Waals surface area contributed by atoms with Gasteiger partial charge in [-0.2, -0.15) is 0 Å². The summed E-state index contributed by atoms with van der Waals surface area (Å²) in [5, 5.41) is 11.3. The smallest absolute Gasteiger partial charge is 0.295 e. The second kappa shape index (κ2) is 9.27. The van der Waals surface area contributed by atoms with E-state index in [0.717, 1.165) is 29.8 Å². The van der Waals surface area contributed by atoms with Crippen molar-refractivity contribution in [3.63, 3.8) is 0 Å². The third-order valence-electron chi connectivity index (χ3n) is 6.15. The molecule has 2 aliphatic rings. The zero-order valence-electron chi connectivity index (χ0n) is 19.5. The summed E-state index contributed by atoms with van der Waals surface area (Å²) in [4.78, 5) is 29.8. The number of fused-ring (bicyclic) bond motifs is 1. The molecule has 2 atom stereocenters. The molecule has 2 aromatic rings. The van der Waals surface area contributed by atoms with E-state index in [-0.39, 0.29) is 17.4 Å². The molecule has 1 fully saturated rings. The summed E-state index contributed by atoms with van der Waals surface area (Å²) in [6.07, 6.45) is 1.51. The Kier molecular flexibility index (Phi) is 6.42. The van der Waals surface area contributed by atoms with Crippen LogP contribution >= 0.6 is 0 Å². The van der Waals surface area contributed by atoms with E-state index in [0.29, 0.717) is 24.3 Å². The molecule has 7 heteroatoms. The van der Waals surface area contributed by atoms with Crippen molar-refractivity contribution in [2.45, 2.75) is 31.9 Å². The Hall–Kier alpha value is -3.32. The number of aliphatic hydroxyl groups is 1. The van der Waals surface area contributed by atoms with E-state index in [9.17, 15) is 14.7 Å². The number of ketones is 1. The molecule has 0 unspecified atom stereocenters. The van der Waals surface area contributed by atoms with Crippen molar-refractivity contribution >= 4 is 17.4 Å². The molecule has 33 heavy (non-hydrogen) atoms. The van der Waals surface area contributed by atoms with Crippen LogP contribution in [-0.2, 0) is 16.0 Å². The van der Waals surface area contributed by atoms with Crippen molar-refractivity contribution in [3.05, 3.63) is 64.7 Å². The lowest BCUT2D eigenvalue weighted by molar-refractivity contribution is -0.139. The van der Waals surface area contributed by atoms with Gasteiger partial charge in [0.25, 0.3) is 11.7 Å². The van der Waals surface area contributed by atoms with E-state index in [4.69, 9.17) is 9.47 Å². The molecule has 1 N–H and O–H groups in total. The van der Waals surface area contributed by atoms with E-state index in [2.05, 4.69) is 0 Å². The highest BCUT2D eigenvalue weighted by Gasteiger charge is 2.45. The number of Topliss-reactive ketones (excluding diaryl/α,β-unsaturated/α-hetero) is 1. The average Bonchev–Trinajstić information content (AvgIpc) is 3.29. The second-order valence-electron chi connectivity index (χ2n) is 8.88. The van der Waals surface area contributed by atoms with Gasteiger partial charge in [-0.05, 0) is 75.4 Å². The van der Waals surface area contributed by atoms with E-state index in [1.807, 2.05) is 50.2 Å². The lowest BCUT2D eigenvalue weighted by atomic mass is 9.94. The van der Waals surface area contributed by atoms with Gasteiger partial charge >= 0.3 is 0 Å². The zero-order chi connectivity index (χ0) is 23.7. The number of aliphatic hydroxyl groups excluding tert-OH is 1. The largest absolute Gasteiger partial charge is 0.507 e. The molecule has 0 radical (unpaired) electrons. The van der Waals surface area contributed by atoms with Crippen molar-refractivity contribution in [2.75, 3.05) is 34.3 Å². The Bertz CT molecular complexity index is 1090. The van der Waals surface area contributed by atoms with Crippen LogP contribution in [0.3, 0.4) is 0 Å². The molecule has 2 heterocycles. The monoisotopic (exact) mass is 450 g/mol. The molecule has 2 aliphatic heterocycles. The quantitative estimate of drug-likeness (QED) is 0.396. The summed E-state index contributed by atoms with van der Waals surface area (Å²) >= 11 is 0. The Morgan fingerprint density at radius 1 is 1.18 bits per heavy atom. The molecule has 4 rings (SSSR count). The van der Waals surface area contributed by atoms with Crippen LogP contribution in [0.2, 0.25) is 0 Å². The first kappa shape index (κ1) is 22.9. The number of amides is 1. The van der Waals surface area contributed by atoms with Crippen LogP contribution < -0.4 is 9.47 Å². The Balaban J connectivity index is 1.77. The molecule has 0 spiro atoms.